The minimum Gasteiger partial charge on any atom is -0.379 e. The first-order chi connectivity index (χ1) is 17.3. The van der Waals surface area contributed by atoms with Crippen LogP contribution in [-0.2, 0) is 14.6 Å². The summed E-state index contributed by atoms with van der Waals surface area (Å²) >= 11 is 0. The highest BCUT2D eigenvalue weighted by Gasteiger charge is 2.08. The number of hydrogen-bond donors (Lipinski definition) is 4. The molecule has 0 aromatic rings. The van der Waals surface area contributed by atoms with Gasteiger partial charge in [0.05, 0.1) is 6.61 Å². The predicted octanol–water partition coefficient (Wildman–Crippen LogP) is 7.66. The molecule has 0 rings (SSSR count). The van der Waals surface area contributed by atoms with E-state index in [2.05, 4.69) is 30.3 Å². The molecule has 8 heteroatoms. The number of rotatable bonds is 26. The summed E-state index contributed by atoms with van der Waals surface area (Å²) in [6.07, 6.45) is 25.0. The van der Waals surface area contributed by atoms with Crippen LogP contribution in [0.5, 0.6) is 0 Å². The maximum atomic E-state index is 10.3. The molecule has 0 aliphatic rings. The molecule has 0 saturated heterocycles. The van der Waals surface area contributed by atoms with Crippen molar-refractivity contribution < 1.29 is 27.4 Å². The molecule has 0 bridgehead atoms. The number of nitrogens with one attached hydrogen (secondary N) is 1. The topological polar surface area (TPSA) is 116 Å². The molecule has 2 unspecified atom stereocenters. The van der Waals surface area contributed by atoms with E-state index in [1.807, 2.05) is 0 Å². The zero-order valence-electron chi connectivity index (χ0n) is 23.9. The molecule has 2 atom stereocenters. The fourth-order valence-corrected chi connectivity index (χ4v) is 4.33. The van der Waals surface area contributed by atoms with E-state index in [1.54, 1.807) is 0 Å². The first-order valence-electron chi connectivity index (χ1n) is 15.0. The van der Waals surface area contributed by atoms with E-state index < -0.39 is 22.9 Å². The van der Waals surface area contributed by atoms with Gasteiger partial charge in [0.15, 0.2) is 0 Å². The van der Waals surface area contributed by atoms with Crippen LogP contribution in [0.3, 0.4) is 0 Å². The Labute approximate surface area is 224 Å². The minimum atomic E-state index is -4.24. The van der Waals surface area contributed by atoms with Crippen LogP contribution < -0.4 is 5.32 Å². The maximum absolute atomic E-state index is 10.3. The zero-order chi connectivity index (χ0) is 27.3. The quantitative estimate of drug-likeness (QED) is 0.0506. The van der Waals surface area contributed by atoms with Crippen LogP contribution in [0.4, 0.5) is 0 Å². The van der Waals surface area contributed by atoms with Gasteiger partial charge < -0.3 is 10.2 Å². The summed E-state index contributed by atoms with van der Waals surface area (Å²) in [4.78, 5) is 0. The molecule has 0 aromatic heterocycles. The van der Waals surface area contributed by atoms with E-state index in [9.17, 15) is 18.6 Å². The van der Waals surface area contributed by atoms with Gasteiger partial charge in [-0.15, -0.1) is 0 Å². The van der Waals surface area contributed by atoms with E-state index in [-0.39, 0.29) is 6.61 Å². The zero-order valence-corrected chi connectivity index (χ0v) is 24.7. The first kappa shape index (κ1) is 37.9. The number of aliphatic hydroxyl groups is 2. The summed E-state index contributed by atoms with van der Waals surface area (Å²) in [6.45, 7) is 6.52. The largest absolute Gasteiger partial charge is 0.397 e. The van der Waals surface area contributed by atoms with Crippen LogP contribution in [0.1, 0.15) is 162 Å². The fourth-order valence-electron chi connectivity index (χ4n) is 4.00. The van der Waals surface area contributed by atoms with Crippen LogP contribution >= 0.6 is 0 Å². The van der Waals surface area contributed by atoms with Crippen molar-refractivity contribution in [1.29, 1.82) is 0 Å². The molecule has 0 aliphatic carbocycles. The summed E-state index contributed by atoms with van der Waals surface area (Å²) < 4.78 is 33.3. The van der Waals surface area contributed by atoms with Gasteiger partial charge in [0, 0.05) is 0 Å². The summed E-state index contributed by atoms with van der Waals surface area (Å²) in [6, 6.07) is 0. The van der Waals surface area contributed by atoms with Crippen molar-refractivity contribution in [3.05, 3.63) is 0 Å². The average Bonchev–Trinajstić information content (AvgIpc) is 2.83. The Morgan fingerprint density at radius 2 is 0.861 bits per heavy atom. The Balaban J connectivity index is 0. The van der Waals surface area contributed by atoms with Crippen LogP contribution in [0, 0.1) is 0 Å². The van der Waals surface area contributed by atoms with E-state index in [4.69, 9.17) is 4.55 Å². The monoisotopic (exact) mass is 539 g/mol. The number of aliphatic hydroxyl groups excluding tert-OH is 2. The van der Waals surface area contributed by atoms with Gasteiger partial charge in [0.2, 0.25) is 0 Å². The highest BCUT2D eigenvalue weighted by molar-refractivity contribution is 7.80. The van der Waals surface area contributed by atoms with Gasteiger partial charge in [-0.05, 0) is 32.1 Å². The molecular weight excluding hydrogens is 478 g/mol. The molecule has 0 saturated carbocycles. The summed E-state index contributed by atoms with van der Waals surface area (Å²) in [5.41, 5.74) is 0. The normalized spacial score (nSPS) is 13.3. The Morgan fingerprint density at radius 1 is 0.556 bits per heavy atom. The number of unbranched alkanes of at least 4 members (excludes halogenated alkanes) is 17. The fraction of sp³-hybridized carbons (Fsp3) is 1.00. The van der Waals surface area contributed by atoms with Gasteiger partial charge in [-0.3, -0.25) is 9.87 Å². The first-order valence-corrected chi connectivity index (χ1v) is 16.4. The van der Waals surface area contributed by atoms with Gasteiger partial charge >= 0.3 is 10.4 Å². The van der Waals surface area contributed by atoms with Crippen LogP contribution in [0.2, 0.25) is 0 Å². The molecule has 7 nitrogen and oxygen atoms in total. The van der Waals surface area contributed by atoms with Crippen molar-refractivity contribution in [2.45, 2.75) is 174 Å². The van der Waals surface area contributed by atoms with Crippen LogP contribution in [0.25, 0.3) is 0 Å². The predicted molar refractivity (Wildman–Crippen MR) is 151 cm³/mol. The van der Waals surface area contributed by atoms with Gasteiger partial charge in [0.25, 0.3) is 0 Å². The van der Waals surface area contributed by atoms with E-state index >= 15 is 0 Å². The van der Waals surface area contributed by atoms with Crippen LogP contribution in [-0.4, -0.2) is 42.2 Å². The van der Waals surface area contributed by atoms with Gasteiger partial charge in [-0.25, -0.2) is 4.18 Å². The Morgan fingerprint density at radius 3 is 1.17 bits per heavy atom. The highest BCUT2D eigenvalue weighted by atomic mass is 32.3. The van der Waals surface area contributed by atoms with Crippen molar-refractivity contribution in [2.75, 3.05) is 6.61 Å². The smallest absolute Gasteiger partial charge is 0.379 e. The van der Waals surface area contributed by atoms with Gasteiger partial charge in [-0.1, -0.05) is 130 Å². The second kappa shape index (κ2) is 29.3. The van der Waals surface area contributed by atoms with Crippen molar-refractivity contribution in [2.24, 2.45) is 0 Å². The molecule has 0 fully saturated rings. The highest BCUT2D eigenvalue weighted by Crippen LogP contribution is 2.13. The summed E-state index contributed by atoms with van der Waals surface area (Å²) in [5.74, 6) is 0. The molecule has 36 heavy (non-hydrogen) atoms. The summed E-state index contributed by atoms with van der Waals surface area (Å²) in [5, 5.41) is 21.5. The minimum absolute atomic E-state index is 0.0945. The SMILES string of the molecule is CCCCC(O)NC(O)CCCC.CCCCCCCCCCCCCCCCCCOS(=O)(=O)O. The molecule has 0 aromatic carbocycles. The molecule has 0 spiro atoms. The average molecular weight is 540 g/mol. The third-order valence-electron chi connectivity index (χ3n) is 6.28. The van der Waals surface area contributed by atoms with Gasteiger partial charge in [0.1, 0.15) is 12.5 Å². The lowest BCUT2D eigenvalue weighted by Gasteiger charge is -2.17. The van der Waals surface area contributed by atoms with Crippen molar-refractivity contribution in [3.8, 4) is 0 Å². The number of hydrogen-bond acceptors (Lipinski definition) is 6. The van der Waals surface area contributed by atoms with E-state index in [0.29, 0.717) is 6.42 Å². The van der Waals surface area contributed by atoms with Crippen molar-refractivity contribution >= 4 is 10.4 Å². The lowest BCUT2D eigenvalue weighted by molar-refractivity contribution is 0.0315. The molecular formula is C28H61NO6S. The molecule has 0 radical (unpaired) electrons. The second-order valence-corrected chi connectivity index (χ2v) is 11.1. The third-order valence-corrected chi connectivity index (χ3v) is 6.74. The maximum Gasteiger partial charge on any atom is 0.397 e. The molecule has 0 amide bonds. The standard InChI is InChI=1S/C18H38O4S.C10H23NO2/c1-2-3-4-5-6-7-8-9-10-11-12-13-14-15-16-17-18-22-23(19,20)21;1-3-5-7-9(12)11-10(13)8-6-4-2/h2-18H2,1H3,(H,19,20,21);9-13H,3-8H2,1-2H3. The van der Waals surface area contributed by atoms with Gasteiger partial charge in [-0.2, -0.15) is 8.42 Å². The van der Waals surface area contributed by atoms with E-state index in [0.717, 1.165) is 51.4 Å². The van der Waals surface area contributed by atoms with Crippen LogP contribution in [0.15, 0.2) is 0 Å². The molecule has 0 aliphatic heterocycles. The third kappa shape index (κ3) is 35.9. The van der Waals surface area contributed by atoms with Crippen molar-refractivity contribution in [1.82, 2.24) is 5.32 Å². The molecule has 220 valence electrons. The second-order valence-electron chi connectivity index (χ2n) is 10.0. The van der Waals surface area contributed by atoms with Crippen molar-refractivity contribution in [3.63, 3.8) is 0 Å². The Hall–Kier alpha value is -0.250. The van der Waals surface area contributed by atoms with E-state index in [1.165, 1.54) is 83.5 Å². The lowest BCUT2D eigenvalue weighted by atomic mass is 10.0. The Kier molecular flexibility index (Phi) is 30.9. The molecule has 0 heterocycles. The summed E-state index contributed by atoms with van der Waals surface area (Å²) in [7, 11) is -4.24. The lowest BCUT2D eigenvalue weighted by Crippen LogP contribution is -2.38. The Bertz CT molecular complexity index is 506. The molecule has 4 N–H and O–H groups in total.